The summed E-state index contributed by atoms with van der Waals surface area (Å²) in [4.78, 5) is 13.7. The van der Waals surface area contributed by atoms with Gasteiger partial charge in [-0.15, -0.1) is 0 Å². The summed E-state index contributed by atoms with van der Waals surface area (Å²) >= 11 is 0. The highest BCUT2D eigenvalue weighted by Gasteiger charge is 2.08. The minimum Gasteiger partial charge on any atom is -0.314 e. The molecule has 0 radical (unpaired) electrons. The van der Waals surface area contributed by atoms with E-state index in [-0.39, 0.29) is 0 Å². The lowest BCUT2D eigenvalue weighted by Gasteiger charge is -2.26. The first-order valence-corrected chi connectivity index (χ1v) is 12.5. The number of nitrogens with zero attached hydrogens (tertiary/aromatic N) is 4. The van der Waals surface area contributed by atoms with Gasteiger partial charge in [0, 0.05) is 75.9 Å². The van der Waals surface area contributed by atoms with Gasteiger partial charge in [0.25, 0.3) is 0 Å². The third kappa shape index (κ3) is 12.9. The van der Waals surface area contributed by atoms with Crippen LogP contribution in [-0.2, 0) is 12.8 Å². The molecule has 0 unspecified atom stereocenters. The van der Waals surface area contributed by atoms with E-state index in [0.29, 0.717) is 0 Å². The van der Waals surface area contributed by atoms with Crippen LogP contribution in [0.15, 0.2) is 36.7 Å². The van der Waals surface area contributed by atoms with E-state index in [1.165, 1.54) is 55.0 Å². The van der Waals surface area contributed by atoms with Crippen molar-refractivity contribution in [1.82, 2.24) is 25.1 Å². The van der Waals surface area contributed by atoms with Crippen LogP contribution in [0.4, 0.5) is 0 Å². The third-order valence-electron chi connectivity index (χ3n) is 5.48. The molecule has 0 bridgehead atoms. The van der Waals surface area contributed by atoms with Crippen molar-refractivity contribution in [3.05, 3.63) is 59.2 Å². The number of pyridine rings is 2. The number of likely N-dealkylation sites (N-methyl/N-ethyl adjacent to an activating group) is 1. The molecule has 0 aliphatic carbocycles. The molecule has 2 aromatic heterocycles. The Morgan fingerprint density at radius 3 is 1.94 bits per heavy atom. The summed E-state index contributed by atoms with van der Waals surface area (Å²) in [6, 6.07) is 8.54. The molecule has 1 N–H and O–H groups in total. The Morgan fingerprint density at radius 2 is 1.44 bits per heavy atom. The summed E-state index contributed by atoms with van der Waals surface area (Å²) in [6.07, 6.45) is 8.58. The van der Waals surface area contributed by atoms with Crippen LogP contribution in [0, 0.1) is 13.8 Å². The maximum Gasteiger partial charge on any atom is 0.0416 e. The van der Waals surface area contributed by atoms with Crippen LogP contribution in [0.2, 0.25) is 0 Å². The van der Waals surface area contributed by atoms with Gasteiger partial charge >= 0.3 is 0 Å². The molecule has 0 saturated carbocycles. The van der Waals surface area contributed by atoms with Gasteiger partial charge in [0.2, 0.25) is 0 Å². The van der Waals surface area contributed by atoms with Crippen molar-refractivity contribution in [2.45, 2.75) is 60.3 Å². The van der Waals surface area contributed by atoms with Crippen LogP contribution in [0.5, 0.6) is 0 Å². The monoisotopic (exact) mass is 441 g/mol. The van der Waals surface area contributed by atoms with Crippen molar-refractivity contribution >= 4 is 0 Å². The zero-order valence-corrected chi connectivity index (χ0v) is 21.5. The molecule has 1 aliphatic rings. The Bertz CT molecular complexity index is 678. The summed E-state index contributed by atoms with van der Waals surface area (Å²) in [5.41, 5.74) is 4.88. The predicted molar refractivity (Wildman–Crippen MR) is 138 cm³/mol. The second-order valence-electron chi connectivity index (χ2n) is 8.40. The molecule has 180 valence electrons. The van der Waals surface area contributed by atoms with Crippen LogP contribution < -0.4 is 5.32 Å². The first-order valence-electron chi connectivity index (χ1n) is 12.5. The molecule has 3 rings (SSSR count). The molecule has 2 aromatic rings. The van der Waals surface area contributed by atoms with Crippen molar-refractivity contribution < 1.29 is 0 Å². The molecule has 0 atom stereocenters. The van der Waals surface area contributed by atoms with E-state index in [2.05, 4.69) is 77.2 Å². The Balaban J connectivity index is 0.000000297. The number of hydrogen-bond donors (Lipinski definition) is 1. The number of nitrogens with one attached hydrogen (secondary N) is 1. The van der Waals surface area contributed by atoms with Crippen LogP contribution in [-0.4, -0.2) is 72.6 Å². The van der Waals surface area contributed by atoms with Crippen molar-refractivity contribution in [3.63, 3.8) is 0 Å². The topological polar surface area (TPSA) is 44.3 Å². The van der Waals surface area contributed by atoms with Crippen molar-refractivity contribution in [2.75, 3.05) is 52.9 Å². The maximum atomic E-state index is 4.42. The van der Waals surface area contributed by atoms with Crippen LogP contribution in [0.3, 0.4) is 0 Å². The van der Waals surface area contributed by atoms with Gasteiger partial charge in [-0.1, -0.05) is 39.3 Å². The van der Waals surface area contributed by atoms with E-state index in [1.54, 1.807) is 0 Å². The molecule has 32 heavy (non-hydrogen) atoms. The quantitative estimate of drug-likeness (QED) is 0.619. The SMILES string of the molecule is CC.CCCCN(C)CCc1ccc(C)cn1.Cc1ccc(CCN2CCNCC2)nc1. The van der Waals surface area contributed by atoms with E-state index in [4.69, 9.17) is 0 Å². The number of piperazine rings is 1. The van der Waals surface area contributed by atoms with E-state index in [9.17, 15) is 0 Å². The first kappa shape index (κ1) is 28.2. The van der Waals surface area contributed by atoms with Gasteiger partial charge in [0.1, 0.15) is 0 Å². The van der Waals surface area contributed by atoms with Crippen LogP contribution in [0.1, 0.15) is 56.1 Å². The van der Waals surface area contributed by atoms with Gasteiger partial charge in [-0.3, -0.25) is 9.97 Å². The zero-order chi connectivity index (χ0) is 23.6. The highest BCUT2D eigenvalue weighted by Crippen LogP contribution is 2.02. The fraction of sp³-hybridized carbons (Fsp3) is 0.630. The lowest BCUT2D eigenvalue weighted by Crippen LogP contribution is -2.44. The summed E-state index contributed by atoms with van der Waals surface area (Å²) in [5.74, 6) is 0. The number of aromatic nitrogens is 2. The average molecular weight is 442 g/mol. The molecule has 1 aliphatic heterocycles. The van der Waals surface area contributed by atoms with Gasteiger partial charge in [-0.2, -0.15) is 0 Å². The molecule has 5 nitrogen and oxygen atoms in total. The molecule has 0 amide bonds. The normalized spacial score (nSPS) is 13.7. The highest BCUT2D eigenvalue weighted by molar-refractivity contribution is 5.13. The second-order valence-corrected chi connectivity index (χ2v) is 8.40. The van der Waals surface area contributed by atoms with Crippen molar-refractivity contribution in [2.24, 2.45) is 0 Å². The van der Waals surface area contributed by atoms with Crippen molar-refractivity contribution in [3.8, 4) is 0 Å². The number of aryl methyl sites for hydroxylation is 2. The Kier molecular flexibility index (Phi) is 15.6. The second kappa shape index (κ2) is 17.7. The van der Waals surface area contributed by atoms with Crippen LogP contribution in [0.25, 0.3) is 0 Å². The predicted octanol–water partition coefficient (Wildman–Crippen LogP) is 4.53. The van der Waals surface area contributed by atoms with Crippen molar-refractivity contribution in [1.29, 1.82) is 0 Å². The molecular formula is C27H47N5. The largest absolute Gasteiger partial charge is 0.314 e. The number of rotatable bonds is 9. The fourth-order valence-electron chi connectivity index (χ4n) is 3.35. The Labute approximate surface area is 197 Å². The molecule has 3 heterocycles. The smallest absolute Gasteiger partial charge is 0.0416 e. The molecule has 0 aromatic carbocycles. The van der Waals surface area contributed by atoms with E-state index < -0.39 is 0 Å². The summed E-state index contributed by atoms with van der Waals surface area (Å²) < 4.78 is 0. The standard InChI is InChI=1S/C13H22N2.C12H19N3.C2H6/c1-4-5-9-15(3)10-8-13-7-6-12(2)11-14-13;1-11-2-3-12(14-10-11)4-7-15-8-5-13-6-9-15;1-2/h6-7,11H,4-5,8-10H2,1-3H3;2-3,10,13H,4-9H2,1H3;1-2H3. The maximum absolute atomic E-state index is 4.42. The fourth-order valence-corrected chi connectivity index (χ4v) is 3.35. The average Bonchev–Trinajstić information content (AvgIpc) is 2.84. The Morgan fingerprint density at radius 1 is 0.875 bits per heavy atom. The minimum atomic E-state index is 1.06. The lowest BCUT2D eigenvalue weighted by atomic mass is 10.2. The molecule has 0 spiro atoms. The first-order chi connectivity index (χ1) is 15.6. The van der Waals surface area contributed by atoms with Crippen LogP contribution >= 0.6 is 0 Å². The summed E-state index contributed by atoms with van der Waals surface area (Å²) in [5, 5.41) is 3.36. The Hall–Kier alpha value is -1.82. The van der Waals surface area contributed by atoms with Gasteiger partial charge in [0.15, 0.2) is 0 Å². The molecule has 1 saturated heterocycles. The van der Waals surface area contributed by atoms with Gasteiger partial charge in [-0.25, -0.2) is 0 Å². The van der Waals surface area contributed by atoms with E-state index in [1.807, 2.05) is 26.2 Å². The third-order valence-corrected chi connectivity index (χ3v) is 5.48. The number of unbranched alkanes of at least 4 members (excludes halogenated alkanes) is 1. The minimum absolute atomic E-state index is 1.06. The van der Waals surface area contributed by atoms with Gasteiger partial charge in [-0.05, 0) is 57.1 Å². The van der Waals surface area contributed by atoms with Gasteiger partial charge in [0.05, 0.1) is 0 Å². The van der Waals surface area contributed by atoms with E-state index in [0.717, 1.165) is 39.0 Å². The van der Waals surface area contributed by atoms with E-state index >= 15 is 0 Å². The molecule has 1 fully saturated rings. The highest BCUT2D eigenvalue weighted by atomic mass is 15.2. The zero-order valence-electron chi connectivity index (χ0n) is 21.5. The lowest BCUT2D eigenvalue weighted by molar-refractivity contribution is 0.243. The summed E-state index contributed by atoms with van der Waals surface area (Å²) in [6.45, 7) is 18.4. The molecule has 5 heteroatoms. The summed E-state index contributed by atoms with van der Waals surface area (Å²) in [7, 11) is 2.18. The van der Waals surface area contributed by atoms with Gasteiger partial charge < -0.3 is 15.1 Å². The number of hydrogen-bond acceptors (Lipinski definition) is 5. The molecular weight excluding hydrogens is 394 g/mol.